The molecule has 2 N–H and O–H groups in total. The second kappa shape index (κ2) is 7.13. The first-order valence-corrected chi connectivity index (χ1v) is 9.91. The van der Waals surface area contributed by atoms with E-state index >= 15 is 0 Å². The Bertz CT molecular complexity index is 915. The van der Waals surface area contributed by atoms with E-state index in [1.807, 2.05) is 6.07 Å². The van der Waals surface area contributed by atoms with E-state index < -0.39 is 16.1 Å². The van der Waals surface area contributed by atoms with Crippen LogP contribution in [0.5, 0.6) is 5.75 Å². The van der Waals surface area contributed by atoms with Crippen LogP contribution in [0.4, 0.5) is 0 Å². The number of aliphatic hydroxyl groups is 1. The molecule has 0 aliphatic carbocycles. The minimum absolute atomic E-state index is 0.0345. The second-order valence-corrected chi connectivity index (χ2v) is 8.41. The van der Waals surface area contributed by atoms with Gasteiger partial charge < -0.3 is 9.84 Å². The minimum atomic E-state index is -3.87. The van der Waals surface area contributed by atoms with Gasteiger partial charge in [0.2, 0.25) is 10.0 Å². The van der Waals surface area contributed by atoms with Gasteiger partial charge in [0.1, 0.15) is 10.6 Å². The summed E-state index contributed by atoms with van der Waals surface area (Å²) in [5.74, 6) is 0.806. The first-order valence-electron chi connectivity index (χ1n) is 7.67. The van der Waals surface area contributed by atoms with E-state index in [1.165, 1.54) is 12.1 Å². The zero-order valence-corrected chi connectivity index (χ0v) is 15.7. The van der Waals surface area contributed by atoms with E-state index in [0.717, 1.165) is 17.7 Å². The fraction of sp³-hybridized carbons (Fsp3) is 0.294. The molecular weight excluding hydrogens is 385 g/mol. The minimum Gasteiger partial charge on any atom is -0.493 e. The van der Waals surface area contributed by atoms with Gasteiger partial charge in [0.05, 0.1) is 17.7 Å². The van der Waals surface area contributed by atoms with Crippen LogP contribution in [0.15, 0.2) is 35.2 Å². The zero-order valence-electron chi connectivity index (χ0n) is 13.4. The molecule has 0 bridgehead atoms. The van der Waals surface area contributed by atoms with Crippen molar-refractivity contribution in [3.05, 3.63) is 57.1 Å². The highest BCUT2D eigenvalue weighted by atomic mass is 35.5. The molecule has 1 atom stereocenters. The lowest BCUT2D eigenvalue weighted by atomic mass is 10.0. The van der Waals surface area contributed by atoms with Gasteiger partial charge in [0.25, 0.3) is 0 Å². The van der Waals surface area contributed by atoms with Crippen molar-refractivity contribution < 1.29 is 18.3 Å². The van der Waals surface area contributed by atoms with Crippen molar-refractivity contribution in [2.75, 3.05) is 13.2 Å². The van der Waals surface area contributed by atoms with Crippen LogP contribution in [-0.4, -0.2) is 26.7 Å². The number of aliphatic hydroxyl groups excluding tert-OH is 1. The average molecular weight is 402 g/mol. The Morgan fingerprint density at radius 2 is 2.00 bits per heavy atom. The predicted octanol–water partition coefficient (Wildman–Crippen LogP) is 3.25. The summed E-state index contributed by atoms with van der Waals surface area (Å²) >= 11 is 11.9. The number of nitrogens with one attached hydrogen (secondary N) is 1. The Kier molecular flexibility index (Phi) is 5.27. The number of fused-ring (bicyclic) bond motifs is 1. The lowest BCUT2D eigenvalue weighted by Crippen LogP contribution is -2.29. The van der Waals surface area contributed by atoms with E-state index in [9.17, 15) is 13.5 Å². The second-order valence-electron chi connectivity index (χ2n) is 5.87. The standard InChI is InChI=1S/C17H17Cl2NO4S/c1-10-6-17(14(19)8-13(10)18)25(22,23)20-9-15(21)11-2-3-16-12(7-11)4-5-24-16/h2-3,6-8,15,20-21H,4-5,9H2,1H3. The Hall–Kier alpha value is -1.31. The fourth-order valence-electron chi connectivity index (χ4n) is 2.63. The van der Waals surface area contributed by atoms with Gasteiger partial charge in [0, 0.05) is 18.0 Å². The summed E-state index contributed by atoms with van der Waals surface area (Å²) in [5.41, 5.74) is 2.24. The molecule has 25 heavy (non-hydrogen) atoms. The van der Waals surface area contributed by atoms with Crippen molar-refractivity contribution in [3.63, 3.8) is 0 Å². The highest BCUT2D eigenvalue weighted by molar-refractivity contribution is 7.89. The van der Waals surface area contributed by atoms with Crippen LogP contribution in [0.3, 0.4) is 0 Å². The molecular formula is C17H17Cl2NO4S. The summed E-state index contributed by atoms with van der Waals surface area (Å²) in [4.78, 5) is -0.0642. The van der Waals surface area contributed by atoms with Gasteiger partial charge in [-0.1, -0.05) is 29.3 Å². The normalized spacial score (nSPS) is 14.9. The molecule has 0 saturated carbocycles. The molecule has 0 aromatic heterocycles. The molecule has 0 fully saturated rings. The highest BCUT2D eigenvalue weighted by Gasteiger charge is 2.22. The summed E-state index contributed by atoms with van der Waals surface area (Å²) < 4.78 is 32.8. The van der Waals surface area contributed by atoms with Gasteiger partial charge in [-0.25, -0.2) is 13.1 Å². The number of aryl methyl sites for hydroxylation is 1. The lowest BCUT2D eigenvalue weighted by molar-refractivity contribution is 0.182. The third kappa shape index (κ3) is 3.93. The van der Waals surface area contributed by atoms with E-state index in [-0.39, 0.29) is 16.5 Å². The van der Waals surface area contributed by atoms with Crippen molar-refractivity contribution in [2.24, 2.45) is 0 Å². The van der Waals surface area contributed by atoms with Crippen LogP contribution in [0, 0.1) is 6.92 Å². The maximum atomic E-state index is 12.5. The van der Waals surface area contributed by atoms with Gasteiger partial charge in [-0.2, -0.15) is 0 Å². The molecule has 2 aromatic rings. The lowest BCUT2D eigenvalue weighted by Gasteiger charge is -2.15. The van der Waals surface area contributed by atoms with Gasteiger partial charge in [-0.15, -0.1) is 0 Å². The molecule has 2 aromatic carbocycles. The van der Waals surface area contributed by atoms with Crippen LogP contribution in [0.1, 0.15) is 22.8 Å². The molecule has 0 saturated heterocycles. The number of hydrogen-bond donors (Lipinski definition) is 2. The van der Waals surface area contributed by atoms with Crippen LogP contribution in [0.25, 0.3) is 0 Å². The van der Waals surface area contributed by atoms with Crippen molar-refractivity contribution in [2.45, 2.75) is 24.3 Å². The van der Waals surface area contributed by atoms with Gasteiger partial charge >= 0.3 is 0 Å². The van der Waals surface area contributed by atoms with Crippen molar-refractivity contribution in [1.82, 2.24) is 4.72 Å². The molecule has 1 aliphatic rings. The monoisotopic (exact) mass is 401 g/mol. The summed E-state index contributed by atoms with van der Waals surface area (Å²) in [6.07, 6.45) is -0.200. The van der Waals surface area contributed by atoms with Crippen LogP contribution < -0.4 is 9.46 Å². The van der Waals surface area contributed by atoms with E-state index in [4.69, 9.17) is 27.9 Å². The first kappa shape index (κ1) is 18.5. The number of rotatable bonds is 5. The third-order valence-electron chi connectivity index (χ3n) is 4.07. The molecule has 1 unspecified atom stereocenters. The molecule has 0 amide bonds. The Morgan fingerprint density at radius 3 is 2.76 bits per heavy atom. The molecule has 0 spiro atoms. The summed E-state index contributed by atoms with van der Waals surface area (Å²) in [6.45, 7) is 2.15. The summed E-state index contributed by atoms with van der Waals surface area (Å²) in [6, 6.07) is 8.15. The van der Waals surface area contributed by atoms with E-state index in [1.54, 1.807) is 19.1 Å². The van der Waals surface area contributed by atoms with Crippen molar-refractivity contribution >= 4 is 33.2 Å². The SMILES string of the molecule is Cc1cc(S(=O)(=O)NCC(O)c2ccc3c(c2)CCO3)c(Cl)cc1Cl. The summed E-state index contributed by atoms with van der Waals surface area (Å²) in [5, 5.41) is 10.7. The largest absolute Gasteiger partial charge is 0.493 e. The number of benzene rings is 2. The first-order chi connectivity index (χ1) is 11.8. The molecule has 1 heterocycles. The average Bonchev–Trinajstić information content (AvgIpc) is 3.03. The van der Waals surface area contributed by atoms with Crippen LogP contribution in [-0.2, 0) is 16.4 Å². The van der Waals surface area contributed by atoms with Crippen LogP contribution in [0.2, 0.25) is 10.0 Å². The topological polar surface area (TPSA) is 75.6 Å². The number of ether oxygens (including phenoxy) is 1. The third-order valence-corrected chi connectivity index (χ3v) is 6.36. The molecule has 8 heteroatoms. The quantitative estimate of drug-likeness (QED) is 0.805. The number of halogens is 2. The fourth-order valence-corrected chi connectivity index (χ4v) is 4.50. The van der Waals surface area contributed by atoms with Crippen molar-refractivity contribution in [3.8, 4) is 5.75 Å². The van der Waals surface area contributed by atoms with Gasteiger partial charge in [0.15, 0.2) is 0 Å². The Balaban J connectivity index is 1.75. The van der Waals surface area contributed by atoms with Gasteiger partial charge in [-0.05, 0) is 47.9 Å². The summed E-state index contributed by atoms with van der Waals surface area (Å²) in [7, 11) is -3.87. The van der Waals surface area contributed by atoms with Crippen molar-refractivity contribution in [1.29, 1.82) is 0 Å². The van der Waals surface area contributed by atoms with Gasteiger partial charge in [-0.3, -0.25) is 0 Å². The number of sulfonamides is 1. The molecule has 3 rings (SSSR count). The van der Waals surface area contributed by atoms with E-state index in [2.05, 4.69) is 4.72 Å². The highest BCUT2D eigenvalue weighted by Crippen LogP contribution is 2.30. The number of hydrogen-bond acceptors (Lipinski definition) is 4. The Morgan fingerprint density at radius 1 is 1.24 bits per heavy atom. The Labute approximate surface area is 156 Å². The molecule has 5 nitrogen and oxygen atoms in total. The maximum Gasteiger partial charge on any atom is 0.242 e. The molecule has 134 valence electrons. The van der Waals surface area contributed by atoms with Crippen LogP contribution >= 0.6 is 23.2 Å². The van der Waals surface area contributed by atoms with E-state index in [0.29, 0.717) is 22.8 Å². The zero-order chi connectivity index (χ0) is 18.2. The predicted molar refractivity (Wildman–Crippen MR) is 97.0 cm³/mol. The molecule has 1 aliphatic heterocycles. The maximum absolute atomic E-state index is 12.5. The molecule has 0 radical (unpaired) electrons. The smallest absolute Gasteiger partial charge is 0.242 e.